The largest absolute Gasteiger partial charge is 0.619 e. The molecule has 0 saturated carbocycles. The highest BCUT2D eigenvalue weighted by Crippen LogP contribution is 2.28. The van der Waals surface area contributed by atoms with Gasteiger partial charge in [-0.2, -0.15) is 4.73 Å². The SMILES string of the molecule is CC[C@@H](N)c1ccc(Cl)c(C(=O)c2cc[n+]([O-])cc2)c1F. The van der Waals surface area contributed by atoms with Gasteiger partial charge in [0, 0.05) is 29.3 Å². The second-order valence-corrected chi connectivity index (χ2v) is 5.02. The minimum atomic E-state index is -0.708. The summed E-state index contributed by atoms with van der Waals surface area (Å²) in [5.74, 6) is -1.29. The molecule has 0 spiro atoms. The topological polar surface area (TPSA) is 70.0 Å². The maximum Gasteiger partial charge on any atom is 0.197 e. The van der Waals surface area contributed by atoms with Crippen molar-refractivity contribution < 1.29 is 13.9 Å². The third-order valence-corrected chi connectivity index (χ3v) is 3.57. The van der Waals surface area contributed by atoms with Crippen LogP contribution in [0, 0.1) is 11.0 Å². The van der Waals surface area contributed by atoms with Gasteiger partial charge in [-0.15, -0.1) is 0 Å². The van der Waals surface area contributed by atoms with Crippen molar-refractivity contribution >= 4 is 17.4 Å². The number of ketones is 1. The number of carbonyl (C=O) groups excluding carboxylic acids is 1. The predicted octanol–water partition coefficient (Wildman–Crippen LogP) is 2.75. The molecule has 0 aliphatic rings. The summed E-state index contributed by atoms with van der Waals surface area (Å²) in [5, 5.41) is 11.0. The van der Waals surface area contributed by atoms with Crippen molar-refractivity contribution in [2.75, 3.05) is 0 Å². The maximum absolute atomic E-state index is 14.5. The Morgan fingerprint density at radius 3 is 2.57 bits per heavy atom. The molecule has 0 amide bonds. The number of halogens is 2. The Morgan fingerprint density at radius 1 is 1.38 bits per heavy atom. The third-order valence-electron chi connectivity index (χ3n) is 3.25. The first-order chi connectivity index (χ1) is 9.95. The van der Waals surface area contributed by atoms with Crippen LogP contribution in [0.1, 0.15) is 40.9 Å². The van der Waals surface area contributed by atoms with Crippen molar-refractivity contribution in [3.63, 3.8) is 0 Å². The number of pyridine rings is 1. The van der Waals surface area contributed by atoms with Crippen LogP contribution in [0.5, 0.6) is 0 Å². The number of hydrogen-bond acceptors (Lipinski definition) is 3. The molecule has 4 nitrogen and oxygen atoms in total. The van der Waals surface area contributed by atoms with E-state index in [-0.39, 0.29) is 21.7 Å². The highest BCUT2D eigenvalue weighted by Gasteiger charge is 2.23. The van der Waals surface area contributed by atoms with Crippen LogP contribution in [0.15, 0.2) is 36.7 Å². The van der Waals surface area contributed by atoms with Crippen molar-refractivity contribution in [2.24, 2.45) is 5.73 Å². The van der Waals surface area contributed by atoms with Gasteiger partial charge in [-0.3, -0.25) is 4.79 Å². The number of nitrogens with zero attached hydrogens (tertiary/aromatic N) is 1. The van der Waals surface area contributed by atoms with Gasteiger partial charge in [0.2, 0.25) is 0 Å². The summed E-state index contributed by atoms with van der Waals surface area (Å²) in [7, 11) is 0. The molecule has 6 heteroatoms. The van der Waals surface area contributed by atoms with Gasteiger partial charge >= 0.3 is 0 Å². The van der Waals surface area contributed by atoms with Crippen LogP contribution in [0.4, 0.5) is 4.39 Å². The zero-order valence-electron chi connectivity index (χ0n) is 11.3. The second kappa shape index (κ2) is 6.20. The number of rotatable bonds is 4. The van der Waals surface area contributed by atoms with E-state index >= 15 is 0 Å². The van der Waals surface area contributed by atoms with Crippen LogP contribution in [0.25, 0.3) is 0 Å². The molecule has 2 aromatic rings. The molecular formula is C15H14ClFN2O2. The van der Waals surface area contributed by atoms with Gasteiger partial charge in [-0.05, 0) is 12.5 Å². The van der Waals surface area contributed by atoms with Crippen LogP contribution in [-0.2, 0) is 0 Å². The molecule has 0 fully saturated rings. The fourth-order valence-corrected chi connectivity index (χ4v) is 2.22. The lowest BCUT2D eigenvalue weighted by molar-refractivity contribution is -0.605. The Kier molecular flexibility index (Phi) is 4.55. The smallest absolute Gasteiger partial charge is 0.197 e. The standard InChI is InChI=1S/C15H14ClFN2O2/c1-2-12(18)10-3-4-11(16)13(14(10)17)15(20)9-5-7-19(21)8-6-9/h3-8,12H,2,18H2,1H3/t12-/m1/s1. The Balaban J connectivity index is 2.52. The predicted molar refractivity (Wildman–Crippen MR) is 77.5 cm³/mol. The first kappa shape index (κ1) is 15.4. The molecule has 2 N–H and O–H groups in total. The summed E-state index contributed by atoms with van der Waals surface area (Å²) in [4.78, 5) is 12.4. The Bertz CT molecular complexity index is 674. The van der Waals surface area contributed by atoms with Gasteiger partial charge in [0.05, 0.1) is 10.6 Å². The van der Waals surface area contributed by atoms with Gasteiger partial charge in [-0.25, -0.2) is 4.39 Å². The van der Waals surface area contributed by atoms with Crippen LogP contribution >= 0.6 is 11.6 Å². The third kappa shape index (κ3) is 3.04. The van der Waals surface area contributed by atoms with E-state index in [0.29, 0.717) is 11.2 Å². The summed E-state index contributed by atoms with van der Waals surface area (Å²) in [6, 6.07) is 5.07. The summed E-state index contributed by atoms with van der Waals surface area (Å²) in [5.41, 5.74) is 6.05. The summed E-state index contributed by atoms with van der Waals surface area (Å²) in [6.45, 7) is 1.82. The molecule has 21 heavy (non-hydrogen) atoms. The average molecular weight is 309 g/mol. The van der Waals surface area contributed by atoms with Crippen LogP contribution in [-0.4, -0.2) is 5.78 Å². The molecule has 110 valence electrons. The first-order valence-corrected chi connectivity index (χ1v) is 6.80. The second-order valence-electron chi connectivity index (χ2n) is 4.62. The molecule has 0 aliphatic heterocycles. The zero-order chi connectivity index (χ0) is 15.6. The highest BCUT2D eigenvalue weighted by atomic mass is 35.5. The van der Waals surface area contributed by atoms with Crippen LogP contribution in [0.3, 0.4) is 0 Å². The van der Waals surface area contributed by atoms with Gasteiger partial charge in [0.15, 0.2) is 18.2 Å². The molecule has 0 unspecified atom stereocenters. The van der Waals surface area contributed by atoms with Gasteiger partial charge in [0.1, 0.15) is 5.82 Å². The van der Waals surface area contributed by atoms with E-state index in [9.17, 15) is 14.4 Å². The maximum atomic E-state index is 14.5. The number of carbonyl (C=O) groups is 1. The summed E-state index contributed by atoms with van der Waals surface area (Å²) < 4.78 is 15.1. The minimum Gasteiger partial charge on any atom is -0.619 e. The van der Waals surface area contributed by atoms with Crippen molar-refractivity contribution in [2.45, 2.75) is 19.4 Å². The van der Waals surface area contributed by atoms with E-state index in [1.807, 2.05) is 6.92 Å². The molecule has 0 aliphatic carbocycles. The van der Waals surface area contributed by atoms with Gasteiger partial charge in [-0.1, -0.05) is 24.6 Å². The van der Waals surface area contributed by atoms with E-state index in [2.05, 4.69) is 0 Å². The van der Waals surface area contributed by atoms with E-state index in [0.717, 1.165) is 0 Å². The number of aromatic nitrogens is 1. The quantitative estimate of drug-likeness (QED) is 0.536. The summed E-state index contributed by atoms with van der Waals surface area (Å²) in [6.07, 6.45) is 2.87. The van der Waals surface area contributed by atoms with E-state index in [1.54, 1.807) is 0 Å². The molecule has 0 saturated heterocycles. The molecule has 0 radical (unpaired) electrons. The molecule has 1 atom stereocenters. The minimum absolute atomic E-state index is 0.0170. The zero-order valence-corrected chi connectivity index (χ0v) is 12.1. The Morgan fingerprint density at radius 2 is 2.00 bits per heavy atom. The van der Waals surface area contributed by atoms with Crippen LogP contribution < -0.4 is 10.5 Å². The van der Waals surface area contributed by atoms with Crippen molar-refractivity contribution in [1.29, 1.82) is 0 Å². The molecular weight excluding hydrogens is 295 g/mol. The lowest BCUT2D eigenvalue weighted by Gasteiger charge is -2.14. The van der Waals surface area contributed by atoms with Gasteiger partial charge in [0.25, 0.3) is 0 Å². The van der Waals surface area contributed by atoms with Crippen molar-refractivity contribution in [1.82, 2.24) is 0 Å². The molecule has 1 heterocycles. The van der Waals surface area contributed by atoms with Gasteiger partial charge < -0.3 is 10.9 Å². The fourth-order valence-electron chi connectivity index (χ4n) is 1.99. The lowest BCUT2D eigenvalue weighted by atomic mass is 9.97. The van der Waals surface area contributed by atoms with Crippen LogP contribution in [0.2, 0.25) is 5.02 Å². The molecule has 1 aromatic carbocycles. The Labute approximate surface area is 126 Å². The van der Waals surface area contributed by atoms with Crippen molar-refractivity contribution in [3.05, 3.63) is 69.4 Å². The number of nitrogens with two attached hydrogens (primary N) is 1. The highest BCUT2D eigenvalue weighted by molar-refractivity contribution is 6.35. The van der Waals surface area contributed by atoms with Crippen molar-refractivity contribution in [3.8, 4) is 0 Å². The first-order valence-electron chi connectivity index (χ1n) is 6.42. The number of benzene rings is 1. The normalized spacial score (nSPS) is 12.2. The summed E-state index contributed by atoms with van der Waals surface area (Å²) >= 11 is 5.96. The van der Waals surface area contributed by atoms with E-state index in [1.165, 1.54) is 36.7 Å². The fraction of sp³-hybridized carbons (Fsp3) is 0.200. The lowest BCUT2D eigenvalue weighted by Crippen LogP contribution is -2.24. The Hall–Kier alpha value is -1.98. The molecule has 1 aromatic heterocycles. The monoisotopic (exact) mass is 308 g/mol. The molecule has 2 rings (SSSR count). The van der Waals surface area contributed by atoms with E-state index in [4.69, 9.17) is 17.3 Å². The molecule has 0 bridgehead atoms. The number of hydrogen-bond donors (Lipinski definition) is 1. The average Bonchev–Trinajstić information content (AvgIpc) is 2.47. The van der Waals surface area contributed by atoms with E-state index < -0.39 is 17.6 Å².